The molecule has 0 aromatic heterocycles. The van der Waals surface area contributed by atoms with E-state index in [1.165, 1.54) is 148 Å². The largest absolute Gasteiger partial charge is 0.498 e. The maximum absolute atomic E-state index is 12.1. The van der Waals surface area contributed by atoms with Gasteiger partial charge in [0.05, 0.1) is 12.9 Å². The molecule has 0 aliphatic rings. The van der Waals surface area contributed by atoms with Gasteiger partial charge in [0.1, 0.15) is 6.61 Å². The molecule has 0 aliphatic carbocycles. The van der Waals surface area contributed by atoms with Gasteiger partial charge in [-0.25, -0.2) is 0 Å². The normalized spacial score (nSPS) is 12.3. The van der Waals surface area contributed by atoms with Crippen LogP contribution in [0.15, 0.2) is 12.3 Å². The molecular weight excluding hydrogens is 484 g/mol. The molecule has 232 valence electrons. The molecule has 0 unspecified atom stereocenters. The third-order valence-electron chi connectivity index (χ3n) is 7.69. The van der Waals surface area contributed by atoms with E-state index in [4.69, 9.17) is 9.47 Å². The van der Waals surface area contributed by atoms with Crippen LogP contribution in [0.1, 0.15) is 187 Å². The number of rotatable bonds is 32. The number of carbonyl (C=O) groups is 1. The van der Waals surface area contributed by atoms with Crippen LogP contribution < -0.4 is 0 Å². The van der Waals surface area contributed by atoms with E-state index in [-0.39, 0.29) is 19.2 Å². The third kappa shape index (κ3) is 31.4. The Morgan fingerprint density at radius 2 is 0.974 bits per heavy atom. The molecule has 0 aromatic rings. The topological polar surface area (TPSA) is 55.8 Å². The molecule has 0 amide bonds. The lowest BCUT2D eigenvalue weighted by molar-refractivity contribution is -0.153. The lowest BCUT2D eigenvalue weighted by Gasteiger charge is -2.15. The van der Waals surface area contributed by atoms with E-state index in [0.29, 0.717) is 6.42 Å². The number of hydrogen-bond donors (Lipinski definition) is 1. The average molecular weight is 553 g/mol. The van der Waals surface area contributed by atoms with E-state index >= 15 is 0 Å². The van der Waals surface area contributed by atoms with Gasteiger partial charge in [0, 0.05) is 6.42 Å². The van der Waals surface area contributed by atoms with Crippen molar-refractivity contribution in [3.63, 3.8) is 0 Å². The summed E-state index contributed by atoms with van der Waals surface area (Å²) in [7, 11) is 0. The summed E-state index contributed by atoms with van der Waals surface area (Å²) in [4.78, 5) is 12.1. The number of ether oxygens (including phenoxy) is 2. The van der Waals surface area contributed by atoms with Gasteiger partial charge in [0.15, 0.2) is 6.10 Å². The summed E-state index contributed by atoms with van der Waals surface area (Å²) in [5.41, 5.74) is 0. The van der Waals surface area contributed by atoms with Gasteiger partial charge in [-0.05, 0) is 25.3 Å². The molecule has 4 heteroatoms. The minimum atomic E-state index is -0.573. The molecule has 0 saturated carbocycles. The lowest BCUT2D eigenvalue weighted by Crippen LogP contribution is -2.26. The van der Waals surface area contributed by atoms with Crippen molar-refractivity contribution in [1.82, 2.24) is 0 Å². The number of aliphatic hydroxyl groups excluding tert-OH is 1. The molecule has 0 aromatic carbocycles. The fourth-order valence-corrected chi connectivity index (χ4v) is 5.06. The van der Waals surface area contributed by atoms with Gasteiger partial charge in [-0.15, -0.1) is 0 Å². The molecule has 0 heterocycles. The molecular formula is C35H68O4. The highest BCUT2D eigenvalue weighted by molar-refractivity contribution is 5.69. The van der Waals surface area contributed by atoms with Crippen LogP contribution in [-0.2, 0) is 14.3 Å². The monoisotopic (exact) mass is 553 g/mol. The zero-order valence-corrected chi connectivity index (χ0v) is 26.4. The first kappa shape index (κ1) is 38.0. The Morgan fingerprint density at radius 3 is 1.38 bits per heavy atom. The van der Waals surface area contributed by atoms with E-state index in [1.54, 1.807) is 6.26 Å². The second kappa shape index (κ2) is 33.2. The fourth-order valence-electron chi connectivity index (χ4n) is 5.06. The van der Waals surface area contributed by atoms with Gasteiger partial charge in [-0.3, -0.25) is 4.79 Å². The number of hydrogen-bond acceptors (Lipinski definition) is 4. The van der Waals surface area contributed by atoms with Crippen molar-refractivity contribution in [3.05, 3.63) is 12.3 Å². The molecule has 0 fully saturated rings. The number of allylic oxidation sites excluding steroid dienone is 1. The van der Waals surface area contributed by atoms with Crippen molar-refractivity contribution in [1.29, 1.82) is 0 Å². The fraction of sp³-hybridized carbons (Fsp3) is 0.914. The first-order valence-electron chi connectivity index (χ1n) is 17.3. The van der Waals surface area contributed by atoms with Crippen LogP contribution in [0, 0.1) is 0 Å². The van der Waals surface area contributed by atoms with Gasteiger partial charge >= 0.3 is 5.97 Å². The molecule has 0 radical (unpaired) electrons. The second-order valence-electron chi connectivity index (χ2n) is 11.7. The summed E-state index contributed by atoms with van der Waals surface area (Å²) < 4.78 is 10.9. The highest BCUT2D eigenvalue weighted by Crippen LogP contribution is 2.14. The van der Waals surface area contributed by atoms with Crippen molar-refractivity contribution in [3.8, 4) is 0 Å². The van der Waals surface area contributed by atoms with E-state index < -0.39 is 6.10 Å². The average Bonchev–Trinajstić information content (AvgIpc) is 2.94. The molecule has 1 atom stereocenters. The summed E-state index contributed by atoms with van der Waals surface area (Å²) in [6.07, 6.45) is 37.7. The van der Waals surface area contributed by atoms with Gasteiger partial charge in [-0.2, -0.15) is 0 Å². The van der Waals surface area contributed by atoms with Crippen molar-refractivity contribution >= 4 is 5.97 Å². The maximum atomic E-state index is 12.1. The van der Waals surface area contributed by atoms with Crippen LogP contribution in [0.5, 0.6) is 0 Å². The first-order chi connectivity index (χ1) is 19.2. The summed E-state index contributed by atoms with van der Waals surface area (Å²) in [6.45, 7) is 4.56. The number of carbonyl (C=O) groups excluding carboxylic acids is 1. The Kier molecular flexibility index (Phi) is 32.3. The maximum Gasteiger partial charge on any atom is 0.306 e. The van der Waals surface area contributed by atoms with E-state index in [1.807, 2.05) is 6.08 Å². The summed E-state index contributed by atoms with van der Waals surface area (Å²) in [5.74, 6) is -0.221. The van der Waals surface area contributed by atoms with Gasteiger partial charge in [-0.1, -0.05) is 162 Å². The van der Waals surface area contributed by atoms with Crippen molar-refractivity contribution in [2.45, 2.75) is 193 Å². The van der Waals surface area contributed by atoms with E-state index in [0.717, 1.165) is 19.3 Å². The predicted octanol–water partition coefficient (Wildman–Crippen LogP) is 11.0. The zero-order chi connectivity index (χ0) is 28.5. The van der Waals surface area contributed by atoms with Crippen molar-refractivity contribution in [2.24, 2.45) is 0 Å². The summed E-state index contributed by atoms with van der Waals surface area (Å²) in [6, 6.07) is 0. The van der Waals surface area contributed by atoms with Gasteiger partial charge in [0.25, 0.3) is 0 Å². The number of unbranched alkanes of at least 4 members (excludes halogenated alkanes) is 24. The Labute approximate surface area is 244 Å². The number of aliphatic hydroxyl groups is 1. The second-order valence-corrected chi connectivity index (χ2v) is 11.7. The smallest absolute Gasteiger partial charge is 0.306 e. The predicted molar refractivity (Wildman–Crippen MR) is 168 cm³/mol. The van der Waals surface area contributed by atoms with Crippen LogP contribution in [0.3, 0.4) is 0 Å². The Hall–Kier alpha value is -1.03. The SMILES string of the molecule is CCCCCCCCCCCCCC/C=C\OC[C@H](CO)OC(=O)CCCCCCCCCCCCCCC. The molecule has 0 spiro atoms. The molecule has 0 aliphatic heterocycles. The quantitative estimate of drug-likeness (QED) is 0.0512. The van der Waals surface area contributed by atoms with Crippen molar-refractivity contribution < 1.29 is 19.4 Å². The first-order valence-corrected chi connectivity index (χ1v) is 17.3. The minimum absolute atomic E-state index is 0.197. The molecule has 39 heavy (non-hydrogen) atoms. The van der Waals surface area contributed by atoms with Gasteiger partial charge < -0.3 is 14.6 Å². The zero-order valence-electron chi connectivity index (χ0n) is 26.4. The Balaban J connectivity index is 3.46. The van der Waals surface area contributed by atoms with Crippen LogP contribution in [-0.4, -0.2) is 30.4 Å². The van der Waals surface area contributed by atoms with E-state index in [9.17, 15) is 9.90 Å². The van der Waals surface area contributed by atoms with Crippen LogP contribution in [0.25, 0.3) is 0 Å². The van der Waals surface area contributed by atoms with Crippen LogP contribution >= 0.6 is 0 Å². The Morgan fingerprint density at radius 1 is 0.590 bits per heavy atom. The minimum Gasteiger partial charge on any atom is -0.498 e. The highest BCUT2D eigenvalue weighted by atomic mass is 16.6. The van der Waals surface area contributed by atoms with Crippen molar-refractivity contribution in [2.75, 3.05) is 13.2 Å². The highest BCUT2D eigenvalue weighted by Gasteiger charge is 2.13. The third-order valence-corrected chi connectivity index (χ3v) is 7.69. The van der Waals surface area contributed by atoms with Gasteiger partial charge in [0.2, 0.25) is 0 Å². The van der Waals surface area contributed by atoms with Crippen LogP contribution in [0.4, 0.5) is 0 Å². The number of esters is 1. The van der Waals surface area contributed by atoms with Crippen LogP contribution in [0.2, 0.25) is 0 Å². The standard InChI is InChI=1S/C35H68O4/c1-3-5-7-9-11-13-15-17-19-21-23-25-27-29-31-38-33-34(32-36)39-35(37)30-28-26-24-22-20-18-16-14-12-10-8-6-4-2/h29,31,34,36H,3-28,30,32-33H2,1-2H3/b31-29-/t34-/m0/s1. The lowest BCUT2D eigenvalue weighted by atomic mass is 10.0. The summed E-state index contributed by atoms with van der Waals surface area (Å²) >= 11 is 0. The summed E-state index contributed by atoms with van der Waals surface area (Å²) in [5, 5.41) is 9.50. The molecule has 1 N–H and O–H groups in total. The molecule has 0 bridgehead atoms. The molecule has 0 saturated heterocycles. The molecule has 4 nitrogen and oxygen atoms in total. The molecule has 0 rings (SSSR count). The van der Waals surface area contributed by atoms with E-state index in [2.05, 4.69) is 13.8 Å². The Bertz CT molecular complexity index is 505.